The van der Waals surface area contributed by atoms with E-state index in [-0.39, 0.29) is 16.2 Å². The molecule has 1 aliphatic heterocycles. The minimum atomic E-state index is -3.67. The van der Waals surface area contributed by atoms with Gasteiger partial charge in [-0.15, -0.1) is 10.2 Å². The summed E-state index contributed by atoms with van der Waals surface area (Å²) in [6.07, 6.45) is 2.26. The van der Waals surface area contributed by atoms with E-state index in [0.717, 1.165) is 18.4 Å². The summed E-state index contributed by atoms with van der Waals surface area (Å²) >= 11 is 0. The summed E-state index contributed by atoms with van der Waals surface area (Å²) < 4.78 is 39.2. The Labute approximate surface area is 167 Å². The molecule has 28 heavy (non-hydrogen) atoms. The molecular formula is C20H29N3O4S. The van der Waals surface area contributed by atoms with E-state index in [1.807, 2.05) is 13.0 Å². The Balaban J connectivity index is 1.82. The highest BCUT2D eigenvalue weighted by Gasteiger charge is 2.35. The van der Waals surface area contributed by atoms with Crippen molar-refractivity contribution < 1.29 is 17.6 Å². The molecule has 0 radical (unpaired) electrons. The molecule has 3 rings (SSSR count). The van der Waals surface area contributed by atoms with Gasteiger partial charge in [0.05, 0.1) is 13.0 Å². The van der Waals surface area contributed by atoms with E-state index in [2.05, 4.69) is 31.0 Å². The third kappa shape index (κ3) is 4.55. The molecule has 1 atom stereocenters. The van der Waals surface area contributed by atoms with Crippen molar-refractivity contribution in [2.75, 3.05) is 20.2 Å². The number of sulfonamides is 1. The second-order valence-electron chi connectivity index (χ2n) is 8.63. The van der Waals surface area contributed by atoms with Crippen molar-refractivity contribution in [3.8, 4) is 5.75 Å². The minimum Gasteiger partial charge on any atom is -0.495 e. The number of rotatable bonds is 5. The Hall–Kier alpha value is -1.93. The van der Waals surface area contributed by atoms with Gasteiger partial charge < -0.3 is 9.15 Å². The first-order valence-electron chi connectivity index (χ1n) is 9.57. The Morgan fingerprint density at radius 2 is 2.04 bits per heavy atom. The summed E-state index contributed by atoms with van der Waals surface area (Å²) in [6, 6.07) is 5.19. The predicted octanol–water partition coefficient (Wildman–Crippen LogP) is 3.54. The lowest BCUT2D eigenvalue weighted by Crippen LogP contribution is -2.39. The van der Waals surface area contributed by atoms with Crippen molar-refractivity contribution in [2.24, 2.45) is 5.41 Å². The van der Waals surface area contributed by atoms with Crippen molar-refractivity contribution in [2.45, 2.75) is 57.8 Å². The molecule has 0 unspecified atom stereocenters. The van der Waals surface area contributed by atoms with Crippen LogP contribution >= 0.6 is 0 Å². The fourth-order valence-electron chi connectivity index (χ4n) is 3.44. The molecule has 0 amide bonds. The number of methoxy groups -OCH3 is 1. The standard InChI is InChI=1S/C20H29N3O4S/c1-14-8-9-16(26-5)17(11-14)28(24,25)23-10-6-7-15(13-23)19-22-21-18(27-19)12-20(2,3)4/h8-9,11,15H,6-7,10,12-13H2,1-5H3/t15-/m1/s1. The number of nitrogens with zero attached hydrogens (tertiary/aromatic N) is 3. The summed E-state index contributed by atoms with van der Waals surface area (Å²) in [6.45, 7) is 9.01. The van der Waals surface area contributed by atoms with E-state index >= 15 is 0 Å². The minimum absolute atomic E-state index is 0.0491. The Morgan fingerprint density at radius 3 is 2.71 bits per heavy atom. The average Bonchev–Trinajstić information content (AvgIpc) is 3.08. The number of piperidine rings is 1. The number of aryl methyl sites for hydroxylation is 1. The van der Waals surface area contributed by atoms with E-state index in [4.69, 9.17) is 9.15 Å². The van der Waals surface area contributed by atoms with Crippen LogP contribution < -0.4 is 4.74 Å². The largest absolute Gasteiger partial charge is 0.495 e. The van der Waals surface area contributed by atoms with E-state index in [1.54, 1.807) is 12.1 Å². The van der Waals surface area contributed by atoms with Gasteiger partial charge in [-0.25, -0.2) is 8.42 Å². The normalized spacial score (nSPS) is 19.0. The van der Waals surface area contributed by atoms with Gasteiger partial charge in [0, 0.05) is 19.5 Å². The monoisotopic (exact) mass is 407 g/mol. The molecule has 1 aromatic heterocycles. The highest BCUT2D eigenvalue weighted by molar-refractivity contribution is 7.89. The van der Waals surface area contributed by atoms with Gasteiger partial charge in [-0.05, 0) is 42.9 Å². The zero-order valence-corrected chi connectivity index (χ0v) is 18.0. The Morgan fingerprint density at radius 1 is 1.29 bits per heavy atom. The van der Waals surface area contributed by atoms with Gasteiger partial charge in [0.25, 0.3) is 0 Å². The zero-order valence-electron chi connectivity index (χ0n) is 17.2. The lowest BCUT2D eigenvalue weighted by molar-refractivity contribution is 0.273. The van der Waals surface area contributed by atoms with Gasteiger partial charge in [0.15, 0.2) is 0 Å². The highest BCUT2D eigenvalue weighted by atomic mass is 32.2. The van der Waals surface area contributed by atoms with Gasteiger partial charge >= 0.3 is 0 Å². The van der Waals surface area contributed by atoms with Crippen LogP contribution in [0.4, 0.5) is 0 Å². The van der Waals surface area contributed by atoms with Crippen LogP contribution in [0.25, 0.3) is 0 Å². The average molecular weight is 408 g/mol. The van der Waals surface area contributed by atoms with Crippen molar-refractivity contribution >= 4 is 10.0 Å². The van der Waals surface area contributed by atoms with Crippen molar-refractivity contribution in [1.82, 2.24) is 14.5 Å². The van der Waals surface area contributed by atoms with Crippen LogP contribution in [0.3, 0.4) is 0 Å². The molecule has 154 valence electrons. The second kappa shape index (κ2) is 7.83. The fourth-order valence-corrected chi connectivity index (χ4v) is 5.21. The lowest BCUT2D eigenvalue weighted by atomic mass is 9.92. The molecule has 1 aliphatic rings. The van der Waals surface area contributed by atoms with Gasteiger partial charge in [0.1, 0.15) is 10.6 Å². The maximum Gasteiger partial charge on any atom is 0.246 e. The molecule has 1 fully saturated rings. The van der Waals surface area contributed by atoms with Crippen LogP contribution in [0.5, 0.6) is 5.75 Å². The Kier molecular flexibility index (Phi) is 5.82. The SMILES string of the molecule is COc1ccc(C)cc1S(=O)(=O)N1CCC[C@@H](c2nnc(CC(C)(C)C)o2)C1. The number of hydrogen-bond acceptors (Lipinski definition) is 6. The smallest absolute Gasteiger partial charge is 0.246 e. The van der Waals surface area contributed by atoms with Crippen molar-refractivity contribution in [3.63, 3.8) is 0 Å². The van der Waals surface area contributed by atoms with Gasteiger partial charge in [-0.2, -0.15) is 4.31 Å². The molecule has 0 N–H and O–H groups in total. The number of ether oxygens (including phenoxy) is 1. The van der Waals surface area contributed by atoms with Gasteiger partial charge in [-0.3, -0.25) is 0 Å². The maximum atomic E-state index is 13.3. The Bertz CT molecular complexity index is 931. The lowest BCUT2D eigenvalue weighted by Gasteiger charge is -2.30. The predicted molar refractivity (Wildman–Crippen MR) is 106 cm³/mol. The first-order chi connectivity index (χ1) is 13.1. The maximum absolute atomic E-state index is 13.3. The molecular weight excluding hydrogens is 378 g/mol. The van der Waals surface area contributed by atoms with E-state index < -0.39 is 10.0 Å². The van der Waals surface area contributed by atoms with Crippen LogP contribution in [0, 0.1) is 12.3 Å². The molecule has 0 aliphatic carbocycles. The van der Waals surface area contributed by atoms with Gasteiger partial charge in [0.2, 0.25) is 21.8 Å². The molecule has 0 spiro atoms. The summed E-state index contributed by atoms with van der Waals surface area (Å²) in [5, 5.41) is 8.35. The van der Waals surface area contributed by atoms with Crippen molar-refractivity contribution in [3.05, 3.63) is 35.5 Å². The molecule has 8 heteroatoms. The second-order valence-corrected chi connectivity index (χ2v) is 10.5. The van der Waals surface area contributed by atoms with Crippen LogP contribution in [-0.4, -0.2) is 43.1 Å². The van der Waals surface area contributed by atoms with Gasteiger partial charge in [-0.1, -0.05) is 26.8 Å². The molecule has 1 saturated heterocycles. The third-order valence-corrected chi connectivity index (χ3v) is 6.72. The molecule has 0 saturated carbocycles. The summed E-state index contributed by atoms with van der Waals surface area (Å²) in [5.41, 5.74) is 0.921. The van der Waals surface area contributed by atoms with Crippen molar-refractivity contribution in [1.29, 1.82) is 0 Å². The van der Waals surface area contributed by atoms with E-state index in [0.29, 0.717) is 37.0 Å². The quantitative estimate of drug-likeness (QED) is 0.753. The molecule has 2 heterocycles. The summed E-state index contributed by atoms with van der Waals surface area (Å²) in [5.74, 6) is 1.39. The topological polar surface area (TPSA) is 85.5 Å². The molecule has 7 nitrogen and oxygen atoms in total. The summed E-state index contributed by atoms with van der Waals surface area (Å²) in [7, 11) is -2.19. The van der Waals surface area contributed by atoms with E-state index in [9.17, 15) is 8.42 Å². The number of aromatic nitrogens is 2. The third-order valence-electron chi connectivity index (χ3n) is 4.83. The highest BCUT2D eigenvalue weighted by Crippen LogP contribution is 2.33. The van der Waals surface area contributed by atoms with Crippen LogP contribution in [0.1, 0.15) is 56.9 Å². The fraction of sp³-hybridized carbons (Fsp3) is 0.600. The van der Waals surface area contributed by atoms with E-state index in [1.165, 1.54) is 11.4 Å². The molecule has 0 bridgehead atoms. The van der Waals surface area contributed by atoms with Crippen LogP contribution in [-0.2, 0) is 16.4 Å². The van der Waals surface area contributed by atoms with Crippen LogP contribution in [0.2, 0.25) is 0 Å². The number of benzene rings is 1. The zero-order chi connectivity index (χ0) is 20.5. The van der Waals surface area contributed by atoms with Crippen LogP contribution in [0.15, 0.2) is 27.5 Å². The first kappa shape index (κ1) is 20.8. The molecule has 1 aromatic carbocycles. The first-order valence-corrected chi connectivity index (χ1v) is 11.0. The number of hydrogen-bond donors (Lipinski definition) is 0. The summed E-state index contributed by atoms with van der Waals surface area (Å²) in [4.78, 5) is 0.203. The molecule has 2 aromatic rings.